The minimum Gasteiger partial charge on any atom is -0.338 e. The van der Waals surface area contributed by atoms with Gasteiger partial charge in [-0.3, -0.25) is 0 Å². The molecule has 1 unspecified atom stereocenters. The minimum atomic E-state index is -0.0667. The van der Waals surface area contributed by atoms with Gasteiger partial charge in [-0.2, -0.15) is 0 Å². The Labute approximate surface area is 116 Å². The van der Waals surface area contributed by atoms with E-state index in [1.165, 1.54) is 5.56 Å². The topological polar surface area (TPSA) is 41.1 Å². The molecule has 3 nitrogen and oxygen atoms in total. The second-order valence-corrected chi connectivity index (χ2v) is 5.33. The van der Waals surface area contributed by atoms with Crippen molar-refractivity contribution in [2.45, 2.75) is 46.1 Å². The molecule has 0 bridgehead atoms. The number of nitrogens with one attached hydrogen (secondary N) is 2. The third-order valence-corrected chi connectivity index (χ3v) is 3.09. The average molecular weight is 262 g/mol. The van der Waals surface area contributed by atoms with E-state index in [0.717, 1.165) is 25.8 Å². The van der Waals surface area contributed by atoms with Crippen molar-refractivity contribution < 1.29 is 4.79 Å². The lowest BCUT2D eigenvalue weighted by Gasteiger charge is -2.19. The van der Waals surface area contributed by atoms with Crippen molar-refractivity contribution in [2.75, 3.05) is 6.54 Å². The molecule has 0 saturated carbocycles. The molecule has 0 heterocycles. The molecule has 0 saturated heterocycles. The lowest BCUT2D eigenvalue weighted by molar-refractivity contribution is 0.235. The van der Waals surface area contributed by atoms with Crippen molar-refractivity contribution >= 4 is 6.03 Å². The highest BCUT2D eigenvalue weighted by Gasteiger charge is 2.12. The van der Waals surface area contributed by atoms with Gasteiger partial charge in [0.2, 0.25) is 0 Å². The van der Waals surface area contributed by atoms with E-state index in [4.69, 9.17) is 0 Å². The molecule has 0 spiro atoms. The summed E-state index contributed by atoms with van der Waals surface area (Å²) in [6.07, 6.45) is 3.02. The molecule has 3 heteroatoms. The Bertz CT molecular complexity index is 362. The van der Waals surface area contributed by atoms with Gasteiger partial charge in [-0.25, -0.2) is 4.79 Å². The van der Waals surface area contributed by atoms with E-state index in [2.05, 4.69) is 43.5 Å². The number of urea groups is 1. The van der Waals surface area contributed by atoms with Crippen LogP contribution in [0.15, 0.2) is 30.3 Å². The van der Waals surface area contributed by atoms with E-state index in [0.29, 0.717) is 5.92 Å². The molecule has 0 radical (unpaired) electrons. The van der Waals surface area contributed by atoms with Crippen molar-refractivity contribution in [2.24, 2.45) is 5.92 Å². The third-order valence-electron chi connectivity index (χ3n) is 3.09. The molecule has 0 fully saturated rings. The highest BCUT2D eigenvalue weighted by Crippen LogP contribution is 2.17. The van der Waals surface area contributed by atoms with Crippen LogP contribution in [0.1, 0.15) is 51.6 Å². The predicted octanol–water partition coefficient (Wildman–Crippen LogP) is 3.87. The average Bonchev–Trinajstić information content (AvgIpc) is 2.39. The molecule has 1 atom stereocenters. The summed E-state index contributed by atoms with van der Waals surface area (Å²) in [7, 11) is 0. The Morgan fingerprint density at radius 2 is 1.84 bits per heavy atom. The van der Waals surface area contributed by atoms with Crippen LogP contribution in [-0.4, -0.2) is 12.6 Å². The number of benzene rings is 1. The molecule has 19 heavy (non-hydrogen) atoms. The van der Waals surface area contributed by atoms with Crippen LogP contribution in [0.3, 0.4) is 0 Å². The number of hydrogen-bond donors (Lipinski definition) is 2. The predicted molar refractivity (Wildman–Crippen MR) is 80.1 cm³/mol. The van der Waals surface area contributed by atoms with Crippen LogP contribution in [0.25, 0.3) is 0 Å². The van der Waals surface area contributed by atoms with Gasteiger partial charge in [-0.1, -0.05) is 57.5 Å². The highest BCUT2D eigenvalue weighted by atomic mass is 16.2. The standard InChI is InChI=1S/C16H26N2O/c1-4-8-15(14-9-6-5-7-10-14)18-16(19)17-12-11-13(2)3/h5-7,9-10,13,15H,4,8,11-12H2,1-3H3,(H2,17,18,19). The van der Waals surface area contributed by atoms with E-state index >= 15 is 0 Å². The molecule has 106 valence electrons. The molecule has 0 aromatic heterocycles. The van der Waals surface area contributed by atoms with Gasteiger partial charge in [0.25, 0.3) is 0 Å². The Morgan fingerprint density at radius 3 is 2.42 bits per heavy atom. The van der Waals surface area contributed by atoms with Gasteiger partial charge >= 0.3 is 6.03 Å². The van der Waals surface area contributed by atoms with E-state index in [9.17, 15) is 4.79 Å². The first-order valence-electron chi connectivity index (χ1n) is 7.22. The third kappa shape index (κ3) is 6.27. The number of rotatable bonds is 7. The van der Waals surface area contributed by atoms with Crippen LogP contribution in [0, 0.1) is 5.92 Å². The molecule has 1 aromatic rings. The number of carbonyl (C=O) groups excluding carboxylic acids is 1. The van der Waals surface area contributed by atoms with Crippen LogP contribution in [-0.2, 0) is 0 Å². The summed E-state index contributed by atoms with van der Waals surface area (Å²) in [6.45, 7) is 7.18. The number of hydrogen-bond acceptors (Lipinski definition) is 1. The van der Waals surface area contributed by atoms with Gasteiger partial charge in [-0.05, 0) is 24.3 Å². The summed E-state index contributed by atoms with van der Waals surface area (Å²) in [5.74, 6) is 0.612. The summed E-state index contributed by atoms with van der Waals surface area (Å²) in [5.41, 5.74) is 1.17. The second kappa shape index (κ2) is 8.57. The molecule has 1 aromatic carbocycles. The maximum absolute atomic E-state index is 11.9. The Hall–Kier alpha value is -1.51. The zero-order valence-corrected chi connectivity index (χ0v) is 12.3. The van der Waals surface area contributed by atoms with Crippen molar-refractivity contribution in [3.63, 3.8) is 0 Å². The fourth-order valence-electron chi connectivity index (χ4n) is 1.98. The smallest absolute Gasteiger partial charge is 0.315 e. The lowest BCUT2D eigenvalue weighted by atomic mass is 10.0. The molecular formula is C16H26N2O. The molecule has 2 N–H and O–H groups in total. The fraction of sp³-hybridized carbons (Fsp3) is 0.562. The maximum atomic E-state index is 11.9. The molecule has 0 aliphatic rings. The first-order chi connectivity index (χ1) is 9.13. The van der Waals surface area contributed by atoms with Crippen LogP contribution in [0.4, 0.5) is 4.79 Å². The Morgan fingerprint density at radius 1 is 1.16 bits per heavy atom. The van der Waals surface area contributed by atoms with Gasteiger partial charge in [-0.15, -0.1) is 0 Å². The highest BCUT2D eigenvalue weighted by molar-refractivity contribution is 5.74. The van der Waals surface area contributed by atoms with Gasteiger partial charge in [0.15, 0.2) is 0 Å². The second-order valence-electron chi connectivity index (χ2n) is 5.33. The van der Waals surface area contributed by atoms with Crippen molar-refractivity contribution in [1.82, 2.24) is 10.6 Å². The molecule has 2 amide bonds. The van der Waals surface area contributed by atoms with Gasteiger partial charge in [0.1, 0.15) is 0 Å². The first kappa shape index (κ1) is 15.5. The zero-order valence-electron chi connectivity index (χ0n) is 12.3. The van der Waals surface area contributed by atoms with Gasteiger partial charge in [0, 0.05) is 6.54 Å². The van der Waals surface area contributed by atoms with Crippen molar-refractivity contribution in [3.05, 3.63) is 35.9 Å². The van der Waals surface area contributed by atoms with Crippen molar-refractivity contribution in [1.29, 1.82) is 0 Å². The van der Waals surface area contributed by atoms with Crippen LogP contribution in [0.5, 0.6) is 0 Å². The maximum Gasteiger partial charge on any atom is 0.315 e. The van der Waals surface area contributed by atoms with Gasteiger partial charge < -0.3 is 10.6 Å². The molecule has 0 aliphatic heterocycles. The normalized spacial score (nSPS) is 12.2. The quantitative estimate of drug-likeness (QED) is 0.769. The van der Waals surface area contributed by atoms with E-state index in [1.807, 2.05) is 18.2 Å². The molecular weight excluding hydrogens is 236 g/mol. The van der Waals surface area contributed by atoms with Crippen LogP contribution >= 0.6 is 0 Å². The Balaban J connectivity index is 2.47. The number of carbonyl (C=O) groups is 1. The summed E-state index contributed by atoms with van der Waals surface area (Å²) in [6, 6.07) is 10.2. The summed E-state index contributed by atoms with van der Waals surface area (Å²) in [4.78, 5) is 11.9. The van der Waals surface area contributed by atoms with Gasteiger partial charge in [0.05, 0.1) is 6.04 Å². The first-order valence-corrected chi connectivity index (χ1v) is 7.22. The van der Waals surface area contributed by atoms with E-state index < -0.39 is 0 Å². The molecule has 1 rings (SSSR count). The lowest BCUT2D eigenvalue weighted by Crippen LogP contribution is -2.38. The monoisotopic (exact) mass is 262 g/mol. The van der Waals surface area contributed by atoms with Crippen LogP contribution < -0.4 is 10.6 Å². The Kier molecular flexibility index (Phi) is 7.01. The fourth-order valence-corrected chi connectivity index (χ4v) is 1.98. The summed E-state index contributed by atoms with van der Waals surface area (Å²) >= 11 is 0. The van der Waals surface area contributed by atoms with Crippen molar-refractivity contribution in [3.8, 4) is 0 Å². The van der Waals surface area contributed by atoms with E-state index in [-0.39, 0.29) is 12.1 Å². The largest absolute Gasteiger partial charge is 0.338 e. The summed E-state index contributed by atoms with van der Waals surface area (Å²) in [5, 5.41) is 5.98. The minimum absolute atomic E-state index is 0.0667. The summed E-state index contributed by atoms with van der Waals surface area (Å²) < 4.78 is 0. The number of amides is 2. The van der Waals surface area contributed by atoms with Crippen LogP contribution in [0.2, 0.25) is 0 Å². The zero-order chi connectivity index (χ0) is 14.1. The molecule has 0 aliphatic carbocycles. The SMILES string of the molecule is CCCC(NC(=O)NCCC(C)C)c1ccccc1. The van der Waals surface area contributed by atoms with E-state index in [1.54, 1.807) is 0 Å².